The molecule has 1 fully saturated rings. The van der Waals surface area contributed by atoms with Crippen LogP contribution in [0.2, 0.25) is 0 Å². The van der Waals surface area contributed by atoms with Crippen molar-refractivity contribution in [2.24, 2.45) is 11.3 Å². The van der Waals surface area contributed by atoms with E-state index >= 15 is 0 Å². The lowest BCUT2D eigenvalue weighted by Gasteiger charge is -2.29. The van der Waals surface area contributed by atoms with Crippen LogP contribution in [0.25, 0.3) is 0 Å². The SMILES string of the molecule is CC1CC(=O)N(CC(=O)C(C)(C)C)C(=O)C1. The van der Waals surface area contributed by atoms with E-state index in [1.165, 1.54) is 0 Å². The third-order valence-corrected chi connectivity index (χ3v) is 2.79. The highest BCUT2D eigenvalue weighted by molar-refractivity contribution is 6.02. The Kier molecular flexibility index (Phi) is 3.51. The van der Waals surface area contributed by atoms with Crippen LogP contribution >= 0.6 is 0 Å². The van der Waals surface area contributed by atoms with E-state index in [2.05, 4.69) is 0 Å². The van der Waals surface area contributed by atoms with Crippen molar-refractivity contribution in [1.82, 2.24) is 4.90 Å². The minimum absolute atomic E-state index is 0.0755. The highest BCUT2D eigenvalue weighted by atomic mass is 16.2. The van der Waals surface area contributed by atoms with Crippen molar-refractivity contribution in [2.75, 3.05) is 6.54 Å². The molecule has 0 aromatic heterocycles. The number of carbonyl (C=O) groups is 3. The van der Waals surface area contributed by atoms with Gasteiger partial charge in [-0.3, -0.25) is 19.3 Å². The minimum atomic E-state index is -0.510. The molecule has 1 heterocycles. The van der Waals surface area contributed by atoms with Crippen LogP contribution < -0.4 is 0 Å². The number of amides is 2. The zero-order chi connectivity index (χ0) is 12.5. The number of Topliss-reactive ketones (excluding diaryl/α,β-unsaturated/α-hetero) is 1. The van der Waals surface area contributed by atoms with Gasteiger partial charge in [-0.25, -0.2) is 0 Å². The first kappa shape index (κ1) is 12.9. The zero-order valence-corrected chi connectivity index (χ0v) is 10.4. The fourth-order valence-corrected chi connectivity index (χ4v) is 1.58. The molecule has 4 nitrogen and oxygen atoms in total. The summed E-state index contributed by atoms with van der Waals surface area (Å²) in [7, 11) is 0. The maximum absolute atomic E-state index is 11.8. The molecule has 0 spiro atoms. The van der Waals surface area contributed by atoms with Crippen LogP contribution in [0.15, 0.2) is 0 Å². The van der Waals surface area contributed by atoms with Gasteiger partial charge in [-0.1, -0.05) is 27.7 Å². The van der Waals surface area contributed by atoms with E-state index in [1.807, 2.05) is 6.92 Å². The smallest absolute Gasteiger partial charge is 0.229 e. The molecule has 2 amide bonds. The third kappa shape index (κ3) is 2.90. The molecule has 1 rings (SSSR count). The molecular formula is C12H19NO3. The molecule has 1 aliphatic rings. The second kappa shape index (κ2) is 4.36. The van der Waals surface area contributed by atoms with Crippen LogP contribution in [-0.2, 0) is 14.4 Å². The average Bonchev–Trinajstić information content (AvgIpc) is 2.08. The topological polar surface area (TPSA) is 54.5 Å². The number of hydrogen-bond acceptors (Lipinski definition) is 3. The van der Waals surface area contributed by atoms with E-state index in [-0.39, 0.29) is 30.1 Å². The van der Waals surface area contributed by atoms with E-state index in [0.29, 0.717) is 12.8 Å². The largest absolute Gasteiger partial charge is 0.297 e. The number of piperidine rings is 1. The van der Waals surface area contributed by atoms with Gasteiger partial charge < -0.3 is 0 Å². The number of ketones is 1. The summed E-state index contributed by atoms with van der Waals surface area (Å²) in [6.45, 7) is 7.16. The molecule has 0 saturated carbocycles. The monoisotopic (exact) mass is 225 g/mol. The van der Waals surface area contributed by atoms with Crippen LogP contribution in [0.3, 0.4) is 0 Å². The summed E-state index contributed by atoms with van der Waals surface area (Å²) in [5, 5.41) is 0. The first-order chi connectivity index (χ1) is 7.21. The molecule has 0 aromatic carbocycles. The van der Waals surface area contributed by atoms with E-state index in [4.69, 9.17) is 0 Å². The quantitative estimate of drug-likeness (QED) is 0.667. The minimum Gasteiger partial charge on any atom is -0.297 e. The molecule has 0 aliphatic carbocycles. The summed E-state index contributed by atoms with van der Waals surface area (Å²) in [4.78, 5) is 36.1. The van der Waals surface area contributed by atoms with Crippen molar-refractivity contribution in [3.8, 4) is 0 Å². The van der Waals surface area contributed by atoms with Gasteiger partial charge in [-0.2, -0.15) is 0 Å². The molecule has 0 bridgehead atoms. The molecule has 4 heteroatoms. The normalized spacial score (nSPS) is 19.1. The highest BCUT2D eigenvalue weighted by Crippen LogP contribution is 2.21. The summed E-state index contributed by atoms with van der Waals surface area (Å²) >= 11 is 0. The zero-order valence-electron chi connectivity index (χ0n) is 10.4. The average molecular weight is 225 g/mol. The van der Waals surface area contributed by atoms with Crippen LogP contribution in [-0.4, -0.2) is 29.0 Å². The standard InChI is InChI=1S/C12H19NO3/c1-8-5-10(15)13(11(16)6-8)7-9(14)12(2,3)4/h8H,5-7H2,1-4H3. The third-order valence-electron chi connectivity index (χ3n) is 2.79. The second-order valence-electron chi connectivity index (χ2n) is 5.56. The first-order valence-electron chi connectivity index (χ1n) is 5.58. The van der Waals surface area contributed by atoms with Crippen molar-refractivity contribution in [3.05, 3.63) is 0 Å². The van der Waals surface area contributed by atoms with Gasteiger partial charge in [-0.05, 0) is 5.92 Å². The van der Waals surface area contributed by atoms with Crippen LogP contribution in [0.4, 0.5) is 0 Å². The Morgan fingerprint density at radius 2 is 1.69 bits per heavy atom. The lowest BCUT2D eigenvalue weighted by molar-refractivity contribution is -0.153. The van der Waals surface area contributed by atoms with Gasteiger partial charge in [0.15, 0.2) is 5.78 Å². The molecule has 1 saturated heterocycles. The number of likely N-dealkylation sites (tertiary alicyclic amines) is 1. The van der Waals surface area contributed by atoms with Crippen LogP contribution in [0, 0.1) is 11.3 Å². The van der Waals surface area contributed by atoms with Gasteiger partial charge in [0.25, 0.3) is 0 Å². The van der Waals surface area contributed by atoms with Gasteiger partial charge in [-0.15, -0.1) is 0 Å². The molecule has 0 unspecified atom stereocenters. The fourth-order valence-electron chi connectivity index (χ4n) is 1.58. The predicted molar refractivity (Wildman–Crippen MR) is 59.6 cm³/mol. The Balaban J connectivity index is 2.71. The first-order valence-corrected chi connectivity index (χ1v) is 5.58. The highest BCUT2D eigenvalue weighted by Gasteiger charge is 2.33. The Morgan fingerprint density at radius 1 is 1.25 bits per heavy atom. The van der Waals surface area contributed by atoms with Crippen molar-refractivity contribution in [2.45, 2.75) is 40.5 Å². The van der Waals surface area contributed by atoms with Crippen molar-refractivity contribution < 1.29 is 14.4 Å². The molecular weight excluding hydrogens is 206 g/mol. The Labute approximate surface area is 96.0 Å². The van der Waals surface area contributed by atoms with Gasteiger partial charge in [0, 0.05) is 18.3 Å². The number of nitrogens with zero attached hydrogens (tertiary/aromatic N) is 1. The molecule has 0 radical (unpaired) electrons. The Hall–Kier alpha value is -1.19. The predicted octanol–water partition coefficient (Wildman–Crippen LogP) is 1.39. The van der Waals surface area contributed by atoms with Crippen molar-refractivity contribution >= 4 is 17.6 Å². The maximum atomic E-state index is 11.8. The number of rotatable bonds is 2. The number of hydrogen-bond donors (Lipinski definition) is 0. The molecule has 0 aromatic rings. The summed E-state index contributed by atoms with van der Waals surface area (Å²) in [5.41, 5.74) is -0.510. The second-order valence-corrected chi connectivity index (χ2v) is 5.56. The molecule has 90 valence electrons. The Morgan fingerprint density at radius 3 is 2.06 bits per heavy atom. The number of imide groups is 1. The van der Waals surface area contributed by atoms with Gasteiger partial charge in [0.05, 0.1) is 6.54 Å². The molecule has 0 N–H and O–H groups in total. The lowest BCUT2D eigenvalue weighted by Crippen LogP contribution is -2.47. The van der Waals surface area contributed by atoms with Crippen LogP contribution in [0.5, 0.6) is 0 Å². The Bertz CT molecular complexity index is 310. The van der Waals surface area contributed by atoms with Gasteiger partial charge >= 0.3 is 0 Å². The van der Waals surface area contributed by atoms with Gasteiger partial charge in [0.1, 0.15) is 0 Å². The summed E-state index contributed by atoms with van der Waals surface area (Å²) < 4.78 is 0. The van der Waals surface area contributed by atoms with E-state index < -0.39 is 5.41 Å². The van der Waals surface area contributed by atoms with E-state index in [0.717, 1.165) is 4.90 Å². The van der Waals surface area contributed by atoms with Gasteiger partial charge in [0.2, 0.25) is 11.8 Å². The molecule has 0 atom stereocenters. The lowest BCUT2D eigenvalue weighted by atomic mass is 9.89. The van der Waals surface area contributed by atoms with Crippen LogP contribution in [0.1, 0.15) is 40.5 Å². The molecule has 1 aliphatic heterocycles. The van der Waals surface area contributed by atoms with Crippen molar-refractivity contribution in [3.63, 3.8) is 0 Å². The fraction of sp³-hybridized carbons (Fsp3) is 0.750. The number of carbonyl (C=O) groups excluding carboxylic acids is 3. The summed E-state index contributed by atoms with van der Waals surface area (Å²) in [5.74, 6) is -0.424. The summed E-state index contributed by atoms with van der Waals surface area (Å²) in [6.07, 6.45) is 0.728. The van der Waals surface area contributed by atoms with Crippen molar-refractivity contribution in [1.29, 1.82) is 0 Å². The van der Waals surface area contributed by atoms with E-state index in [1.54, 1.807) is 20.8 Å². The molecule has 16 heavy (non-hydrogen) atoms. The van der Waals surface area contributed by atoms with E-state index in [9.17, 15) is 14.4 Å². The maximum Gasteiger partial charge on any atom is 0.229 e. The summed E-state index contributed by atoms with van der Waals surface area (Å²) in [6, 6.07) is 0.